The molecule has 270 valence electrons. The van der Waals surface area contributed by atoms with Gasteiger partial charge in [-0.2, -0.15) is 4.99 Å². The number of hydrogen-bond acceptors (Lipinski definition) is 7. The van der Waals surface area contributed by atoms with Crippen molar-refractivity contribution in [3.8, 4) is 11.5 Å². The van der Waals surface area contributed by atoms with Crippen molar-refractivity contribution in [2.24, 2.45) is 9.98 Å². The van der Waals surface area contributed by atoms with Crippen LogP contribution in [0.15, 0.2) is 76.0 Å². The molecule has 1 aliphatic heterocycles. The number of anilines is 4. The van der Waals surface area contributed by atoms with Crippen molar-refractivity contribution >= 4 is 76.7 Å². The molecule has 4 rings (SSSR count). The number of benzene rings is 3. The van der Waals surface area contributed by atoms with Crippen LogP contribution in [0.3, 0.4) is 0 Å². The van der Waals surface area contributed by atoms with Gasteiger partial charge in [0.05, 0.1) is 44.4 Å². The Hall–Kier alpha value is -5.27. The number of carbonyl (C=O) groups excluding carboxylic acids is 3. The van der Waals surface area contributed by atoms with E-state index in [0.29, 0.717) is 34.6 Å². The molecule has 0 unspecified atom stereocenters. The summed E-state index contributed by atoms with van der Waals surface area (Å²) in [5.74, 6) is 0.681. The van der Waals surface area contributed by atoms with E-state index in [1.165, 1.54) is 30.1 Å². The highest BCUT2D eigenvalue weighted by molar-refractivity contribution is 6.41. The number of urea groups is 1. The molecular weight excluding hydrogens is 697 g/mol. The van der Waals surface area contributed by atoms with Crippen LogP contribution in [-0.2, 0) is 16.1 Å². The number of amides is 4. The van der Waals surface area contributed by atoms with E-state index in [2.05, 4.69) is 27.7 Å². The van der Waals surface area contributed by atoms with Crippen molar-refractivity contribution in [3.05, 3.63) is 81.6 Å². The van der Waals surface area contributed by atoms with Gasteiger partial charge in [-0.15, -0.1) is 0 Å². The first kappa shape index (κ1) is 38.5. The Morgan fingerprint density at radius 1 is 0.941 bits per heavy atom. The zero-order valence-corrected chi connectivity index (χ0v) is 31.0. The van der Waals surface area contributed by atoms with Crippen molar-refractivity contribution in [1.82, 2.24) is 4.90 Å². The van der Waals surface area contributed by atoms with Gasteiger partial charge in [0.25, 0.3) is 0 Å². The fraction of sp³-hybridized carbons (Fsp3) is 0.306. The number of aliphatic imine (C=N–C) groups is 2. The second-order valence-corrected chi connectivity index (χ2v) is 13.1. The van der Waals surface area contributed by atoms with Crippen LogP contribution in [0.4, 0.5) is 32.3 Å². The molecule has 0 aliphatic carbocycles. The van der Waals surface area contributed by atoms with Crippen LogP contribution >= 0.6 is 23.2 Å². The summed E-state index contributed by atoms with van der Waals surface area (Å²) in [4.78, 5) is 51.0. The van der Waals surface area contributed by atoms with E-state index in [-0.39, 0.29) is 58.0 Å². The van der Waals surface area contributed by atoms with E-state index in [0.717, 1.165) is 0 Å². The number of nitrogens with one attached hydrogen (secondary N) is 3. The summed E-state index contributed by atoms with van der Waals surface area (Å²) in [7, 11) is 2.89. The van der Waals surface area contributed by atoms with Gasteiger partial charge < -0.3 is 24.8 Å². The topological polar surface area (TPSA) is 146 Å². The Labute approximate surface area is 307 Å². The SMILES string of the molecule is C=NC(=NC1=C(C)CN(c2c(Cl)c(OC)cc(OC)c2Cl)C(=O)N1Cc1cccc(NC(=O)CC)c1)Nc1ccccc1NC(=O)OC(C)(C)C. The molecule has 0 saturated heterocycles. The quantitative estimate of drug-likeness (QED) is 0.140. The summed E-state index contributed by atoms with van der Waals surface area (Å²) >= 11 is 13.5. The third kappa shape index (κ3) is 9.50. The molecule has 0 bridgehead atoms. The zero-order valence-electron chi connectivity index (χ0n) is 29.5. The molecule has 3 N–H and O–H groups in total. The molecule has 1 aliphatic rings. The highest BCUT2D eigenvalue weighted by Gasteiger charge is 2.36. The first-order chi connectivity index (χ1) is 24.2. The molecule has 51 heavy (non-hydrogen) atoms. The van der Waals surface area contributed by atoms with Crippen LogP contribution in [0.25, 0.3) is 0 Å². The number of nitrogens with zero attached hydrogens (tertiary/aromatic N) is 4. The largest absolute Gasteiger partial charge is 0.495 e. The van der Waals surface area contributed by atoms with Crippen LogP contribution < -0.4 is 30.3 Å². The monoisotopic (exact) mass is 737 g/mol. The molecule has 0 spiro atoms. The van der Waals surface area contributed by atoms with Crippen LogP contribution in [-0.4, -0.2) is 62.0 Å². The second kappa shape index (κ2) is 16.6. The van der Waals surface area contributed by atoms with E-state index in [9.17, 15) is 14.4 Å². The van der Waals surface area contributed by atoms with Gasteiger partial charge in [0, 0.05) is 18.2 Å². The lowest BCUT2D eigenvalue weighted by Gasteiger charge is -2.37. The van der Waals surface area contributed by atoms with E-state index in [1.807, 2.05) is 6.07 Å². The number of carbonyl (C=O) groups is 3. The molecule has 4 amide bonds. The molecule has 0 fully saturated rings. The van der Waals surface area contributed by atoms with Gasteiger partial charge in [0.15, 0.2) is 0 Å². The Morgan fingerprint density at radius 3 is 2.14 bits per heavy atom. The molecule has 0 radical (unpaired) electrons. The molecule has 3 aromatic rings. The summed E-state index contributed by atoms with van der Waals surface area (Å²) in [6, 6.07) is 15.1. The third-order valence-corrected chi connectivity index (χ3v) is 8.09. The standard InChI is InChI=1S/C36H41Cl2N7O6/c1-9-28(46)40-23-14-12-13-22(17-23)20-45-32(21(2)19-44(35(45)48)31-29(37)26(49-7)18-27(50-8)30(31)38)43-33(39-6)41-24-15-10-11-16-25(24)42-34(47)51-36(3,4)5/h10-18H,6,9,19-20H2,1-5,7-8H3,(H,40,46)(H,41,43)(H,42,47). The number of ether oxygens (including phenoxy) is 3. The third-order valence-electron chi connectivity index (χ3n) is 7.36. The van der Waals surface area contributed by atoms with E-state index in [1.54, 1.807) is 77.1 Å². The summed E-state index contributed by atoms with van der Waals surface area (Å²) in [6.07, 6.45) is -0.343. The zero-order chi connectivity index (χ0) is 37.5. The van der Waals surface area contributed by atoms with Crippen molar-refractivity contribution in [2.75, 3.05) is 41.6 Å². The lowest BCUT2D eigenvalue weighted by Crippen LogP contribution is -2.48. The molecule has 0 atom stereocenters. The lowest BCUT2D eigenvalue weighted by molar-refractivity contribution is -0.115. The van der Waals surface area contributed by atoms with Gasteiger partial charge in [-0.1, -0.05) is 54.4 Å². The predicted molar refractivity (Wildman–Crippen MR) is 203 cm³/mol. The number of guanidine groups is 1. The minimum absolute atomic E-state index is 0.0267. The van der Waals surface area contributed by atoms with Gasteiger partial charge in [0.1, 0.15) is 33.0 Å². The van der Waals surface area contributed by atoms with Gasteiger partial charge in [0.2, 0.25) is 11.9 Å². The number of hydrogen-bond donors (Lipinski definition) is 3. The normalized spacial score (nSPS) is 13.5. The van der Waals surface area contributed by atoms with Crippen LogP contribution in [0.2, 0.25) is 10.0 Å². The summed E-state index contributed by atoms with van der Waals surface area (Å²) < 4.78 is 16.3. The van der Waals surface area contributed by atoms with E-state index < -0.39 is 17.7 Å². The highest BCUT2D eigenvalue weighted by Crippen LogP contribution is 2.47. The number of rotatable bonds is 10. The van der Waals surface area contributed by atoms with E-state index in [4.69, 9.17) is 42.4 Å². The van der Waals surface area contributed by atoms with Crippen LogP contribution in [0, 0.1) is 0 Å². The van der Waals surface area contributed by atoms with E-state index >= 15 is 0 Å². The second-order valence-electron chi connectivity index (χ2n) is 12.3. The predicted octanol–water partition coefficient (Wildman–Crippen LogP) is 8.55. The fourth-order valence-electron chi connectivity index (χ4n) is 5.04. The molecule has 13 nitrogen and oxygen atoms in total. The van der Waals surface area contributed by atoms with Gasteiger partial charge in [-0.05, 0) is 69.8 Å². The molecule has 0 aromatic heterocycles. The Kier molecular flexibility index (Phi) is 12.6. The Bertz CT molecular complexity index is 1860. The maximum absolute atomic E-state index is 14.6. The number of halogens is 2. The van der Waals surface area contributed by atoms with Crippen LogP contribution in [0.5, 0.6) is 11.5 Å². The van der Waals surface area contributed by atoms with Crippen molar-refractivity contribution in [3.63, 3.8) is 0 Å². The van der Waals surface area contributed by atoms with Gasteiger partial charge >= 0.3 is 12.1 Å². The fourth-order valence-corrected chi connectivity index (χ4v) is 5.75. The minimum atomic E-state index is -0.706. The maximum atomic E-state index is 14.6. The van der Waals surface area contributed by atoms with Crippen LogP contribution in [0.1, 0.15) is 46.6 Å². The molecule has 0 saturated carbocycles. The number of methoxy groups -OCH3 is 2. The molecule has 15 heteroatoms. The molecule has 3 aromatic carbocycles. The lowest BCUT2D eigenvalue weighted by atomic mass is 10.1. The van der Waals surface area contributed by atoms with Crippen molar-refractivity contribution in [2.45, 2.75) is 53.2 Å². The Morgan fingerprint density at radius 2 is 1.57 bits per heavy atom. The first-order valence-electron chi connectivity index (χ1n) is 15.9. The molecular formula is C36H41Cl2N7O6. The van der Waals surface area contributed by atoms with Gasteiger partial charge in [-0.3, -0.25) is 19.9 Å². The minimum Gasteiger partial charge on any atom is -0.495 e. The average molecular weight is 739 g/mol. The number of para-hydroxylation sites is 2. The average Bonchev–Trinajstić information content (AvgIpc) is 3.08. The first-order valence-corrected chi connectivity index (χ1v) is 16.6. The van der Waals surface area contributed by atoms with Crippen molar-refractivity contribution in [1.29, 1.82) is 0 Å². The molecule has 1 heterocycles. The highest BCUT2D eigenvalue weighted by atomic mass is 35.5. The maximum Gasteiger partial charge on any atom is 0.412 e. The summed E-state index contributed by atoms with van der Waals surface area (Å²) in [5.41, 5.74) is 2.23. The smallest absolute Gasteiger partial charge is 0.412 e. The van der Waals surface area contributed by atoms with Gasteiger partial charge in [-0.25, -0.2) is 14.6 Å². The van der Waals surface area contributed by atoms with Crippen molar-refractivity contribution < 1.29 is 28.6 Å². The summed E-state index contributed by atoms with van der Waals surface area (Å²) in [5, 5.41) is 8.92. The summed E-state index contributed by atoms with van der Waals surface area (Å²) in [6.45, 7) is 12.6. The Balaban J connectivity index is 1.80.